The highest BCUT2D eigenvalue weighted by Gasteiger charge is 2.30. The molecule has 0 unspecified atom stereocenters. The molecule has 0 bridgehead atoms. The molecule has 0 saturated heterocycles. The first kappa shape index (κ1) is 16.3. The fraction of sp³-hybridized carbons (Fsp3) is 0.368. The van der Waals surface area contributed by atoms with Crippen LogP contribution in [0.1, 0.15) is 36.0 Å². The average molecular weight is 326 g/mol. The maximum Gasteiger partial charge on any atom is 0.306 e. The molecule has 3 rings (SSSR count). The number of aliphatic carboxylic acids is 1. The van der Waals surface area contributed by atoms with Crippen LogP contribution in [0, 0.1) is 11.8 Å². The lowest BCUT2D eigenvalue weighted by Gasteiger charge is -2.28. The molecule has 2 aromatic rings. The van der Waals surface area contributed by atoms with Gasteiger partial charge in [-0.1, -0.05) is 12.8 Å². The molecule has 1 aromatic heterocycles. The summed E-state index contributed by atoms with van der Waals surface area (Å²) in [4.78, 5) is 23.6. The van der Waals surface area contributed by atoms with E-state index in [1.54, 1.807) is 12.1 Å². The van der Waals surface area contributed by atoms with E-state index in [2.05, 4.69) is 5.32 Å². The summed E-state index contributed by atoms with van der Waals surface area (Å²) < 4.78 is 1.97. The Morgan fingerprint density at radius 2 is 1.75 bits per heavy atom. The molecule has 1 aliphatic carbocycles. The molecule has 1 aromatic carbocycles. The smallest absolute Gasteiger partial charge is 0.306 e. The Balaban J connectivity index is 1.59. The Labute approximate surface area is 141 Å². The largest absolute Gasteiger partial charge is 0.481 e. The minimum atomic E-state index is -0.745. The van der Waals surface area contributed by atoms with Gasteiger partial charge in [0.2, 0.25) is 0 Å². The number of nitrogens with zero attached hydrogens (tertiary/aromatic N) is 1. The number of rotatable bonds is 5. The van der Waals surface area contributed by atoms with Crippen molar-refractivity contribution < 1.29 is 14.7 Å². The zero-order valence-corrected chi connectivity index (χ0v) is 13.5. The Kier molecular flexibility index (Phi) is 4.99. The second-order valence-electron chi connectivity index (χ2n) is 6.34. The maximum absolute atomic E-state index is 12.3. The molecule has 2 atom stereocenters. The molecule has 5 nitrogen and oxygen atoms in total. The summed E-state index contributed by atoms with van der Waals surface area (Å²) in [6, 6.07) is 11.3. The second-order valence-corrected chi connectivity index (χ2v) is 6.34. The lowest BCUT2D eigenvalue weighted by atomic mass is 9.79. The predicted octanol–water partition coefficient (Wildman–Crippen LogP) is 3.10. The van der Waals surface area contributed by atoms with Crippen molar-refractivity contribution in [1.82, 2.24) is 9.88 Å². The van der Waals surface area contributed by atoms with Crippen LogP contribution in [0.3, 0.4) is 0 Å². The minimum Gasteiger partial charge on any atom is -0.481 e. The predicted molar refractivity (Wildman–Crippen MR) is 91.2 cm³/mol. The molecule has 1 fully saturated rings. The minimum absolute atomic E-state index is 0.0272. The molecule has 2 N–H and O–H groups in total. The average Bonchev–Trinajstić information content (AvgIpc) is 3.14. The molecule has 0 radical (unpaired) electrons. The summed E-state index contributed by atoms with van der Waals surface area (Å²) >= 11 is 0. The molecular formula is C19H22N2O3. The van der Waals surface area contributed by atoms with E-state index >= 15 is 0 Å². The van der Waals surface area contributed by atoms with Crippen molar-refractivity contribution in [2.24, 2.45) is 11.8 Å². The zero-order valence-electron chi connectivity index (χ0n) is 13.5. The van der Waals surface area contributed by atoms with E-state index in [9.17, 15) is 14.7 Å². The first-order chi connectivity index (χ1) is 11.6. The fourth-order valence-corrected chi connectivity index (χ4v) is 3.39. The van der Waals surface area contributed by atoms with E-state index in [1.165, 1.54) is 0 Å². The molecule has 1 aliphatic rings. The monoisotopic (exact) mass is 326 g/mol. The third kappa shape index (κ3) is 3.67. The SMILES string of the molecule is O=C(NC[C@@H]1CCCC[C@@H]1C(=O)O)c1ccc(-n2cccc2)cc1. The van der Waals surface area contributed by atoms with Gasteiger partial charge < -0.3 is 15.0 Å². The summed E-state index contributed by atoms with van der Waals surface area (Å²) in [5, 5.41) is 12.2. The third-order valence-electron chi connectivity index (χ3n) is 4.78. The van der Waals surface area contributed by atoms with Crippen molar-refractivity contribution in [3.8, 4) is 5.69 Å². The van der Waals surface area contributed by atoms with Gasteiger partial charge in [0.05, 0.1) is 5.92 Å². The summed E-state index contributed by atoms with van der Waals surface area (Å²) in [6.07, 6.45) is 7.47. The Morgan fingerprint density at radius 1 is 1.08 bits per heavy atom. The van der Waals surface area contributed by atoms with Gasteiger partial charge in [-0.3, -0.25) is 9.59 Å². The summed E-state index contributed by atoms with van der Waals surface area (Å²) in [7, 11) is 0. The van der Waals surface area contributed by atoms with Crippen molar-refractivity contribution in [3.63, 3.8) is 0 Å². The van der Waals surface area contributed by atoms with E-state index in [0.29, 0.717) is 18.5 Å². The van der Waals surface area contributed by atoms with Crippen LogP contribution in [0.25, 0.3) is 5.69 Å². The fourth-order valence-electron chi connectivity index (χ4n) is 3.39. The number of amides is 1. The highest BCUT2D eigenvalue weighted by Crippen LogP contribution is 2.29. The van der Waals surface area contributed by atoms with Crippen LogP contribution in [0.15, 0.2) is 48.8 Å². The summed E-state index contributed by atoms with van der Waals surface area (Å²) in [5.74, 6) is -1.21. The number of nitrogens with one attached hydrogen (secondary N) is 1. The molecule has 0 aliphatic heterocycles. The van der Waals surface area contributed by atoms with Gasteiger partial charge in [0.15, 0.2) is 0 Å². The van der Waals surface area contributed by atoms with Gasteiger partial charge in [-0.2, -0.15) is 0 Å². The lowest BCUT2D eigenvalue weighted by Crippen LogP contribution is -2.37. The van der Waals surface area contributed by atoms with E-state index in [0.717, 1.165) is 24.9 Å². The van der Waals surface area contributed by atoms with Crippen molar-refractivity contribution in [2.75, 3.05) is 6.54 Å². The third-order valence-corrected chi connectivity index (χ3v) is 4.78. The van der Waals surface area contributed by atoms with Crippen molar-refractivity contribution in [1.29, 1.82) is 0 Å². The molecular weight excluding hydrogens is 304 g/mol. The van der Waals surface area contributed by atoms with Gasteiger partial charge >= 0.3 is 5.97 Å². The second kappa shape index (κ2) is 7.34. The maximum atomic E-state index is 12.3. The van der Waals surface area contributed by atoms with E-state index < -0.39 is 5.97 Å². The highest BCUT2D eigenvalue weighted by molar-refractivity contribution is 5.94. The molecule has 0 spiro atoms. The van der Waals surface area contributed by atoms with Gasteiger partial charge in [0, 0.05) is 30.2 Å². The first-order valence-corrected chi connectivity index (χ1v) is 8.39. The normalized spacial score (nSPS) is 20.5. The van der Waals surface area contributed by atoms with Gasteiger partial charge in [0.1, 0.15) is 0 Å². The number of hydrogen-bond acceptors (Lipinski definition) is 2. The molecule has 126 valence electrons. The molecule has 5 heteroatoms. The molecule has 24 heavy (non-hydrogen) atoms. The highest BCUT2D eigenvalue weighted by atomic mass is 16.4. The standard InChI is InChI=1S/C19H22N2O3/c22-18(20-13-15-5-1-2-6-17(15)19(23)24)14-7-9-16(10-8-14)21-11-3-4-12-21/h3-4,7-12,15,17H,1-2,5-6,13H2,(H,20,22)(H,23,24)/t15-,17-/m0/s1. The van der Waals surface area contributed by atoms with Crippen molar-refractivity contribution in [2.45, 2.75) is 25.7 Å². The van der Waals surface area contributed by atoms with Gasteiger partial charge in [-0.25, -0.2) is 0 Å². The van der Waals surface area contributed by atoms with Crippen LogP contribution in [-0.4, -0.2) is 28.1 Å². The van der Waals surface area contributed by atoms with Gasteiger partial charge in [-0.05, 0) is 55.2 Å². The van der Waals surface area contributed by atoms with Crippen LogP contribution in [0.4, 0.5) is 0 Å². The number of carbonyl (C=O) groups is 2. The molecule has 1 amide bonds. The van der Waals surface area contributed by atoms with Gasteiger partial charge in [-0.15, -0.1) is 0 Å². The number of hydrogen-bond donors (Lipinski definition) is 2. The van der Waals surface area contributed by atoms with Crippen LogP contribution in [-0.2, 0) is 4.79 Å². The Morgan fingerprint density at radius 3 is 2.42 bits per heavy atom. The Hall–Kier alpha value is -2.56. The Bertz CT molecular complexity index is 692. The number of carboxylic acids is 1. The van der Waals surface area contributed by atoms with E-state index in [4.69, 9.17) is 0 Å². The topological polar surface area (TPSA) is 71.3 Å². The number of benzene rings is 1. The zero-order chi connectivity index (χ0) is 16.9. The number of carboxylic acid groups (broad SMARTS) is 1. The van der Waals surface area contributed by atoms with Crippen molar-refractivity contribution >= 4 is 11.9 Å². The van der Waals surface area contributed by atoms with Crippen LogP contribution in [0.5, 0.6) is 0 Å². The van der Waals surface area contributed by atoms with Crippen LogP contribution in [0.2, 0.25) is 0 Å². The summed E-state index contributed by atoms with van der Waals surface area (Å²) in [6.45, 7) is 0.426. The van der Waals surface area contributed by atoms with Crippen LogP contribution >= 0.6 is 0 Å². The molecule has 1 saturated carbocycles. The van der Waals surface area contributed by atoms with E-state index in [-0.39, 0.29) is 17.7 Å². The summed E-state index contributed by atoms with van der Waals surface area (Å²) in [5.41, 5.74) is 1.59. The van der Waals surface area contributed by atoms with Crippen LogP contribution < -0.4 is 5.32 Å². The van der Waals surface area contributed by atoms with Gasteiger partial charge in [0.25, 0.3) is 5.91 Å². The molecule has 1 heterocycles. The lowest BCUT2D eigenvalue weighted by molar-refractivity contribution is -0.144. The first-order valence-electron chi connectivity index (χ1n) is 8.39. The quantitative estimate of drug-likeness (QED) is 0.887. The van der Waals surface area contributed by atoms with E-state index in [1.807, 2.05) is 41.2 Å². The van der Waals surface area contributed by atoms with Crippen molar-refractivity contribution in [3.05, 3.63) is 54.4 Å². The number of aromatic nitrogens is 1. The number of carbonyl (C=O) groups excluding carboxylic acids is 1.